The average molecular weight is 240 g/mol. The van der Waals surface area contributed by atoms with Gasteiger partial charge in [0.2, 0.25) is 5.91 Å². The maximum Gasteiger partial charge on any atom is 0.227 e. The van der Waals surface area contributed by atoms with Crippen LogP contribution in [0.25, 0.3) is 0 Å². The van der Waals surface area contributed by atoms with Crippen molar-refractivity contribution in [2.75, 3.05) is 18.2 Å². The normalized spacial score (nSPS) is 11.3. The Balaban J connectivity index is 2.68. The van der Waals surface area contributed by atoms with Crippen molar-refractivity contribution in [3.8, 4) is 0 Å². The summed E-state index contributed by atoms with van der Waals surface area (Å²) >= 11 is 0. The van der Waals surface area contributed by atoms with Crippen molar-refractivity contribution in [1.82, 2.24) is 0 Å². The Morgan fingerprint density at radius 2 is 2.12 bits per heavy atom. The highest BCUT2D eigenvalue weighted by molar-refractivity contribution is 5.91. The highest BCUT2D eigenvalue weighted by Gasteiger charge is 2.21. The molecule has 0 spiro atoms. The second-order valence-electron chi connectivity index (χ2n) is 4.46. The smallest absolute Gasteiger partial charge is 0.227 e. The van der Waals surface area contributed by atoms with Crippen LogP contribution in [0, 0.1) is 5.82 Å². The fraction of sp³-hybridized carbons (Fsp3) is 0.417. The fourth-order valence-electron chi connectivity index (χ4n) is 1.35. The first-order valence-corrected chi connectivity index (χ1v) is 5.23. The van der Waals surface area contributed by atoms with Crippen molar-refractivity contribution in [3.63, 3.8) is 0 Å². The van der Waals surface area contributed by atoms with Crippen molar-refractivity contribution >= 4 is 17.3 Å². The van der Waals surface area contributed by atoms with E-state index in [2.05, 4.69) is 5.32 Å². The van der Waals surface area contributed by atoms with Crippen molar-refractivity contribution in [2.24, 2.45) is 0 Å². The molecule has 0 fully saturated rings. The third kappa shape index (κ3) is 4.40. The lowest BCUT2D eigenvalue weighted by atomic mass is 10.0. The van der Waals surface area contributed by atoms with Gasteiger partial charge in [-0.15, -0.1) is 0 Å². The van der Waals surface area contributed by atoms with Gasteiger partial charge in [-0.25, -0.2) is 4.39 Å². The second-order valence-corrected chi connectivity index (χ2v) is 4.46. The third-order valence-electron chi connectivity index (χ3n) is 2.34. The van der Waals surface area contributed by atoms with Crippen LogP contribution < -0.4 is 11.1 Å². The summed E-state index contributed by atoms with van der Waals surface area (Å²) in [6, 6.07) is 3.91. The lowest BCUT2D eigenvalue weighted by Gasteiger charge is -2.21. The number of halogens is 1. The number of carbonyl (C=O) groups excluding carboxylic acids is 1. The SMILES string of the molecule is COC(C)(C)CC(=O)Nc1cc(N)cc(F)c1. The quantitative estimate of drug-likeness (QED) is 0.793. The summed E-state index contributed by atoms with van der Waals surface area (Å²) in [4.78, 5) is 11.7. The molecule has 0 heterocycles. The topological polar surface area (TPSA) is 64.3 Å². The van der Waals surface area contributed by atoms with Crippen LogP contribution in [0.4, 0.5) is 15.8 Å². The third-order valence-corrected chi connectivity index (χ3v) is 2.34. The number of methoxy groups -OCH3 is 1. The Bertz CT molecular complexity index is 399. The lowest BCUT2D eigenvalue weighted by molar-refractivity contribution is -0.121. The van der Waals surface area contributed by atoms with Crippen LogP contribution in [0.1, 0.15) is 20.3 Å². The number of nitrogens with two attached hydrogens (primary N) is 1. The molecule has 3 N–H and O–H groups in total. The van der Waals surface area contributed by atoms with E-state index in [1.54, 1.807) is 13.8 Å². The van der Waals surface area contributed by atoms with Crippen LogP contribution in [0.2, 0.25) is 0 Å². The minimum Gasteiger partial charge on any atom is -0.399 e. The van der Waals surface area contributed by atoms with Gasteiger partial charge in [0.05, 0.1) is 12.0 Å². The molecule has 1 amide bonds. The molecule has 1 aromatic carbocycles. The molecule has 17 heavy (non-hydrogen) atoms. The monoisotopic (exact) mass is 240 g/mol. The number of nitrogen functional groups attached to an aromatic ring is 1. The summed E-state index contributed by atoms with van der Waals surface area (Å²) in [6.07, 6.45) is 0.180. The minimum absolute atomic E-state index is 0.180. The highest BCUT2D eigenvalue weighted by atomic mass is 19.1. The summed E-state index contributed by atoms with van der Waals surface area (Å²) < 4.78 is 18.2. The number of carbonyl (C=O) groups is 1. The molecule has 0 aliphatic heterocycles. The molecule has 94 valence electrons. The second kappa shape index (κ2) is 5.14. The largest absolute Gasteiger partial charge is 0.399 e. The zero-order chi connectivity index (χ0) is 13.1. The van der Waals surface area contributed by atoms with E-state index >= 15 is 0 Å². The van der Waals surface area contributed by atoms with Gasteiger partial charge in [0, 0.05) is 18.5 Å². The predicted molar refractivity (Wildman–Crippen MR) is 65.1 cm³/mol. The molecular formula is C12H17FN2O2. The van der Waals surface area contributed by atoms with Crippen molar-refractivity contribution < 1.29 is 13.9 Å². The molecule has 0 saturated carbocycles. The van der Waals surface area contributed by atoms with E-state index in [9.17, 15) is 9.18 Å². The number of anilines is 2. The zero-order valence-corrected chi connectivity index (χ0v) is 10.2. The maximum atomic E-state index is 13.0. The van der Waals surface area contributed by atoms with Gasteiger partial charge in [0.1, 0.15) is 5.82 Å². The average Bonchev–Trinajstić information content (AvgIpc) is 2.14. The number of nitrogens with one attached hydrogen (secondary N) is 1. The molecule has 4 nitrogen and oxygen atoms in total. The van der Waals surface area contributed by atoms with Crippen molar-refractivity contribution in [2.45, 2.75) is 25.9 Å². The van der Waals surface area contributed by atoms with Gasteiger partial charge in [0.15, 0.2) is 0 Å². The zero-order valence-electron chi connectivity index (χ0n) is 10.2. The number of amides is 1. The Kier molecular flexibility index (Phi) is 4.07. The number of hydrogen-bond donors (Lipinski definition) is 2. The number of rotatable bonds is 4. The Morgan fingerprint density at radius 1 is 1.47 bits per heavy atom. The molecule has 0 aliphatic carbocycles. The molecule has 0 atom stereocenters. The van der Waals surface area contributed by atoms with E-state index < -0.39 is 11.4 Å². The van der Waals surface area contributed by atoms with E-state index in [0.29, 0.717) is 5.69 Å². The Labute approximate surface area is 100.0 Å². The van der Waals surface area contributed by atoms with Crippen LogP contribution >= 0.6 is 0 Å². The molecule has 0 aliphatic rings. The van der Waals surface area contributed by atoms with Gasteiger partial charge in [-0.1, -0.05) is 0 Å². The van der Waals surface area contributed by atoms with E-state index in [4.69, 9.17) is 10.5 Å². The summed E-state index contributed by atoms with van der Waals surface area (Å²) in [7, 11) is 1.54. The summed E-state index contributed by atoms with van der Waals surface area (Å²) in [5, 5.41) is 2.58. The molecule has 0 radical (unpaired) electrons. The van der Waals surface area contributed by atoms with E-state index in [1.807, 2.05) is 0 Å². The fourth-order valence-corrected chi connectivity index (χ4v) is 1.35. The van der Waals surface area contributed by atoms with Gasteiger partial charge < -0.3 is 15.8 Å². The van der Waals surface area contributed by atoms with Gasteiger partial charge in [0.25, 0.3) is 0 Å². The van der Waals surface area contributed by atoms with Gasteiger partial charge in [-0.05, 0) is 32.0 Å². The number of ether oxygens (including phenoxy) is 1. The molecule has 0 bridgehead atoms. The van der Waals surface area contributed by atoms with E-state index in [0.717, 1.165) is 0 Å². The maximum absolute atomic E-state index is 13.0. The molecule has 0 aromatic heterocycles. The molecular weight excluding hydrogens is 223 g/mol. The Morgan fingerprint density at radius 3 is 2.65 bits per heavy atom. The highest BCUT2D eigenvalue weighted by Crippen LogP contribution is 2.18. The molecule has 5 heteroatoms. The van der Waals surface area contributed by atoms with Crippen molar-refractivity contribution in [1.29, 1.82) is 0 Å². The summed E-state index contributed by atoms with van der Waals surface area (Å²) in [6.45, 7) is 3.60. The van der Waals surface area contributed by atoms with Gasteiger partial charge >= 0.3 is 0 Å². The Hall–Kier alpha value is -1.62. The first kappa shape index (κ1) is 13.4. The van der Waals surface area contributed by atoms with Crippen LogP contribution in [0.3, 0.4) is 0 Å². The van der Waals surface area contributed by atoms with Gasteiger partial charge in [-0.2, -0.15) is 0 Å². The summed E-state index contributed by atoms with van der Waals surface area (Å²) in [5.74, 6) is -0.729. The molecule has 1 rings (SSSR count). The summed E-state index contributed by atoms with van der Waals surface area (Å²) in [5.41, 5.74) is 5.54. The van der Waals surface area contributed by atoms with Crippen LogP contribution in [-0.2, 0) is 9.53 Å². The molecule has 1 aromatic rings. The van der Waals surface area contributed by atoms with Crippen LogP contribution in [0.5, 0.6) is 0 Å². The van der Waals surface area contributed by atoms with Crippen LogP contribution in [-0.4, -0.2) is 18.6 Å². The van der Waals surface area contributed by atoms with E-state index in [-0.39, 0.29) is 18.0 Å². The van der Waals surface area contributed by atoms with Crippen molar-refractivity contribution in [3.05, 3.63) is 24.0 Å². The first-order chi connectivity index (χ1) is 7.82. The predicted octanol–water partition coefficient (Wildman–Crippen LogP) is 2.16. The van der Waals surface area contributed by atoms with Gasteiger partial charge in [-0.3, -0.25) is 4.79 Å². The molecule has 0 unspecified atom stereocenters. The number of benzene rings is 1. The van der Waals surface area contributed by atoms with Crippen LogP contribution in [0.15, 0.2) is 18.2 Å². The lowest BCUT2D eigenvalue weighted by Crippen LogP contribution is -2.29. The minimum atomic E-state index is -0.553. The molecule has 0 saturated heterocycles. The van der Waals surface area contributed by atoms with E-state index in [1.165, 1.54) is 25.3 Å². The first-order valence-electron chi connectivity index (χ1n) is 5.23. The standard InChI is InChI=1S/C12H17FN2O2/c1-12(2,17-3)7-11(16)15-10-5-8(13)4-9(14)6-10/h4-6H,7,14H2,1-3H3,(H,15,16). The number of hydrogen-bond acceptors (Lipinski definition) is 3.